The summed E-state index contributed by atoms with van der Waals surface area (Å²) < 4.78 is 10.2. The van der Waals surface area contributed by atoms with E-state index in [0.29, 0.717) is 36.7 Å². The summed E-state index contributed by atoms with van der Waals surface area (Å²) in [6.45, 7) is 23.6. The molecule has 0 aliphatic carbocycles. The summed E-state index contributed by atoms with van der Waals surface area (Å²) in [5, 5.41) is 43.1. The van der Waals surface area contributed by atoms with Crippen LogP contribution < -0.4 is 15.2 Å². The SMILES string of the molecule is CC(C)(C)N([O-])c1ccccc1CN(Cc1ccccc1N([O-])C(C)(C)C)Cc1ccccc1N([O-])C(C)(C)C.CP(C)(C)=O.[Nd+3]. The Labute approximate surface area is 311 Å². The summed E-state index contributed by atoms with van der Waals surface area (Å²) >= 11 is 0. The van der Waals surface area contributed by atoms with Gasteiger partial charge in [0, 0.05) is 53.3 Å². The number of para-hydroxylation sites is 3. The Morgan fingerprint density at radius 2 is 0.696 bits per heavy atom. The molecular formula is C36H54N4NdO4P. The quantitative estimate of drug-likeness (QED) is 0.157. The van der Waals surface area contributed by atoms with Crippen LogP contribution in [0.15, 0.2) is 72.8 Å². The van der Waals surface area contributed by atoms with Gasteiger partial charge in [-0.15, -0.1) is 0 Å². The van der Waals surface area contributed by atoms with Crippen molar-refractivity contribution in [1.29, 1.82) is 0 Å². The third-order valence-electron chi connectivity index (χ3n) is 6.64. The van der Waals surface area contributed by atoms with Crippen LogP contribution in [0.4, 0.5) is 17.1 Å². The van der Waals surface area contributed by atoms with Gasteiger partial charge in [-0.3, -0.25) is 4.90 Å². The zero-order chi connectivity index (χ0) is 34.4. The van der Waals surface area contributed by atoms with Crippen LogP contribution in [0.3, 0.4) is 0 Å². The normalized spacial score (nSPS) is 12.2. The Kier molecular flexibility index (Phi) is 15.9. The number of benzene rings is 3. The average Bonchev–Trinajstić information content (AvgIpc) is 2.90. The number of hydroxylamine groups is 3. The molecule has 0 unspecified atom stereocenters. The standard InChI is InChI=1S/C33H45N4O3.C3H9OP.Nd/c1-31(2,3)35(38)28-19-13-10-16-25(28)22-34(23-26-17-11-14-20-29(26)36(39)32(4,5)6)24-27-18-12-15-21-30(27)37(40)33(7,8)9;1-5(2,3)4;/h10-21H,22-24H2,1-9H3;1-3H3;/q-3;;+3. The first-order valence-corrected chi connectivity index (χ1v) is 18.5. The molecule has 0 aliphatic heterocycles. The van der Waals surface area contributed by atoms with Crippen molar-refractivity contribution in [2.75, 3.05) is 35.2 Å². The topological polar surface area (TPSA) is 99.2 Å². The zero-order valence-electron chi connectivity index (χ0n) is 29.9. The largest absolute Gasteiger partial charge is 3.00 e. The molecule has 0 aromatic heterocycles. The summed E-state index contributed by atoms with van der Waals surface area (Å²) in [4.78, 5) is 2.19. The van der Waals surface area contributed by atoms with E-state index < -0.39 is 23.8 Å². The third-order valence-corrected chi connectivity index (χ3v) is 6.64. The Balaban J connectivity index is 0.00000163. The molecule has 0 amide bonds. The molecule has 0 fully saturated rings. The molecule has 3 rings (SSSR count). The predicted molar refractivity (Wildman–Crippen MR) is 194 cm³/mol. The Bertz CT molecular complexity index is 1260. The van der Waals surface area contributed by atoms with E-state index in [1.54, 1.807) is 20.0 Å². The van der Waals surface area contributed by atoms with Crippen LogP contribution in [0.2, 0.25) is 0 Å². The molecule has 46 heavy (non-hydrogen) atoms. The Morgan fingerprint density at radius 3 is 0.891 bits per heavy atom. The number of hydrogen-bond acceptors (Lipinski definition) is 8. The second kappa shape index (κ2) is 17.2. The van der Waals surface area contributed by atoms with Crippen LogP contribution in [-0.4, -0.2) is 41.5 Å². The minimum Gasteiger partial charge on any atom is -0.758 e. The van der Waals surface area contributed by atoms with Gasteiger partial charge in [-0.1, -0.05) is 54.6 Å². The molecule has 251 valence electrons. The van der Waals surface area contributed by atoms with Crippen molar-refractivity contribution < 1.29 is 45.4 Å². The summed E-state index contributed by atoms with van der Waals surface area (Å²) in [5.74, 6) is 0. The van der Waals surface area contributed by atoms with E-state index in [1.165, 1.54) is 0 Å². The van der Waals surface area contributed by atoms with Crippen molar-refractivity contribution in [2.24, 2.45) is 0 Å². The van der Waals surface area contributed by atoms with Crippen LogP contribution in [-0.2, 0) is 24.2 Å². The Hall–Kier alpha value is -1.52. The first-order valence-electron chi connectivity index (χ1n) is 15.4. The van der Waals surface area contributed by atoms with Crippen molar-refractivity contribution in [3.8, 4) is 0 Å². The molecule has 0 atom stereocenters. The minimum absolute atomic E-state index is 0. The van der Waals surface area contributed by atoms with E-state index in [-0.39, 0.29) is 40.8 Å². The monoisotopic (exact) mass is 779 g/mol. The maximum atomic E-state index is 13.3. The first kappa shape index (κ1) is 42.5. The molecule has 0 heterocycles. The smallest absolute Gasteiger partial charge is 0.758 e. The van der Waals surface area contributed by atoms with Crippen molar-refractivity contribution in [2.45, 2.75) is 98.6 Å². The average molecular weight is 782 g/mol. The summed E-state index contributed by atoms with van der Waals surface area (Å²) in [7, 11) is -1.64. The molecular weight excluding hydrogens is 728 g/mol. The molecule has 0 N–H and O–H groups in total. The minimum atomic E-state index is -1.64. The fourth-order valence-electron chi connectivity index (χ4n) is 4.50. The molecule has 8 nitrogen and oxygen atoms in total. The molecule has 3 aromatic rings. The van der Waals surface area contributed by atoms with Crippen LogP contribution in [0.5, 0.6) is 0 Å². The van der Waals surface area contributed by atoms with E-state index in [9.17, 15) is 20.2 Å². The molecule has 0 spiro atoms. The predicted octanol–water partition coefficient (Wildman–Crippen LogP) is 9.44. The van der Waals surface area contributed by atoms with E-state index in [4.69, 9.17) is 0 Å². The van der Waals surface area contributed by atoms with Gasteiger partial charge >= 0.3 is 40.8 Å². The molecule has 0 bridgehead atoms. The molecule has 0 saturated heterocycles. The van der Waals surface area contributed by atoms with Gasteiger partial charge in [0.2, 0.25) is 0 Å². The van der Waals surface area contributed by atoms with Crippen molar-refractivity contribution >= 4 is 24.2 Å². The molecule has 3 aromatic carbocycles. The number of anilines is 3. The second-order valence-electron chi connectivity index (χ2n) is 15.3. The summed E-state index contributed by atoms with van der Waals surface area (Å²) in [6.07, 6.45) is 0. The van der Waals surface area contributed by atoms with Crippen molar-refractivity contribution in [1.82, 2.24) is 4.90 Å². The number of hydrogen-bond donors (Lipinski definition) is 0. The van der Waals surface area contributed by atoms with Crippen LogP contribution in [0.25, 0.3) is 0 Å². The van der Waals surface area contributed by atoms with Gasteiger partial charge in [0.25, 0.3) is 0 Å². The fraction of sp³-hybridized carbons (Fsp3) is 0.500. The number of rotatable bonds is 9. The van der Waals surface area contributed by atoms with Crippen LogP contribution in [0.1, 0.15) is 79.0 Å². The van der Waals surface area contributed by atoms with E-state index in [2.05, 4.69) is 4.90 Å². The molecule has 1 radical (unpaired) electrons. The van der Waals surface area contributed by atoms with Gasteiger partial charge in [-0.25, -0.2) is 0 Å². The van der Waals surface area contributed by atoms with E-state index in [0.717, 1.165) is 31.9 Å². The molecule has 10 heteroatoms. The van der Waals surface area contributed by atoms with Gasteiger partial charge < -0.3 is 35.4 Å². The summed E-state index contributed by atoms with van der Waals surface area (Å²) in [5.41, 5.74) is 2.67. The zero-order valence-corrected chi connectivity index (χ0v) is 34.0. The van der Waals surface area contributed by atoms with Gasteiger partial charge in [-0.2, -0.15) is 0 Å². The maximum Gasteiger partial charge on any atom is 3.00 e. The number of nitrogens with zero attached hydrogens (tertiary/aromatic N) is 4. The molecule has 0 saturated carbocycles. The van der Waals surface area contributed by atoms with Crippen molar-refractivity contribution in [3.05, 3.63) is 105 Å². The van der Waals surface area contributed by atoms with Gasteiger partial charge in [0.15, 0.2) is 0 Å². The Morgan fingerprint density at radius 1 is 0.500 bits per heavy atom. The van der Waals surface area contributed by atoms with E-state index >= 15 is 0 Å². The van der Waals surface area contributed by atoms with Gasteiger partial charge in [-0.05, 0) is 117 Å². The van der Waals surface area contributed by atoms with E-state index in [1.807, 2.05) is 135 Å². The maximum absolute atomic E-state index is 13.3. The second-order valence-corrected chi connectivity index (χ2v) is 19.1. The van der Waals surface area contributed by atoms with Gasteiger partial charge in [0.05, 0.1) is 7.14 Å². The van der Waals surface area contributed by atoms with Crippen molar-refractivity contribution in [3.63, 3.8) is 0 Å². The van der Waals surface area contributed by atoms with Crippen LogP contribution in [0, 0.1) is 56.5 Å². The fourth-order valence-corrected chi connectivity index (χ4v) is 4.50. The first-order chi connectivity index (χ1) is 20.5. The van der Waals surface area contributed by atoms with Gasteiger partial charge in [0.1, 0.15) is 0 Å². The third kappa shape index (κ3) is 13.5. The molecule has 0 aliphatic rings. The van der Waals surface area contributed by atoms with Crippen LogP contribution >= 0.6 is 7.14 Å². The summed E-state index contributed by atoms with van der Waals surface area (Å²) in [6, 6.07) is 22.9.